The normalized spacial score (nSPS) is 15.5. The molecule has 0 unspecified atom stereocenters. The highest BCUT2D eigenvalue weighted by atomic mass is 16.6. The highest BCUT2D eigenvalue weighted by molar-refractivity contribution is 5.91. The highest BCUT2D eigenvalue weighted by Crippen LogP contribution is 2.27. The monoisotopic (exact) mass is 338 g/mol. The summed E-state index contributed by atoms with van der Waals surface area (Å²) in [6, 6.07) is 17.6. The van der Waals surface area contributed by atoms with Crippen LogP contribution in [0.15, 0.2) is 54.6 Å². The third-order valence-corrected chi connectivity index (χ3v) is 4.39. The van der Waals surface area contributed by atoms with Crippen LogP contribution in [0.3, 0.4) is 0 Å². The molecule has 25 heavy (non-hydrogen) atoms. The van der Waals surface area contributed by atoms with Gasteiger partial charge in [0.15, 0.2) is 0 Å². The number of aldehydes is 1. The summed E-state index contributed by atoms with van der Waals surface area (Å²) in [6.45, 7) is 2.00. The highest BCUT2D eigenvalue weighted by Gasteiger charge is 2.22. The number of benzene rings is 2. The number of carbonyl (C=O) groups excluding carboxylic acids is 2. The Hall–Kier alpha value is -2.66. The predicted molar refractivity (Wildman–Crippen MR) is 97.5 cm³/mol. The third kappa shape index (κ3) is 4.67. The number of anilines is 1. The molecule has 5 nitrogen and oxygen atoms in total. The van der Waals surface area contributed by atoms with Crippen LogP contribution in [0, 0.1) is 0 Å². The van der Waals surface area contributed by atoms with Gasteiger partial charge >= 0.3 is 6.09 Å². The molecule has 1 heterocycles. The molecule has 5 heteroatoms. The van der Waals surface area contributed by atoms with E-state index in [0.29, 0.717) is 6.54 Å². The minimum atomic E-state index is -0.433. The fourth-order valence-electron chi connectivity index (χ4n) is 3.07. The van der Waals surface area contributed by atoms with Gasteiger partial charge in [-0.05, 0) is 24.5 Å². The minimum Gasteiger partial charge on any atom is -0.446 e. The van der Waals surface area contributed by atoms with Gasteiger partial charge in [0.1, 0.15) is 12.4 Å². The number of amides is 1. The summed E-state index contributed by atoms with van der Waals surface area (Å²) in [5.74, 6) is 0. The molecule has 0 atom stereocenters. The van der Waals surface area contributed by atoms with Crippen molar-refractivity contribution in [1.82, 2.24) is 4.90 Å². The van der Waals surface area contributed by atoms with Gasteiger partial charge in [0, 0.05) is 18.7 Å². The molecular weight excluding hydrogens is 316 g/mol. The van der Waals surface area contributed by atoms with Gasteiger partial charge in [0.2, 0.25) is 0 Å². The Morgan fingerprint density at radius 3 is 2.48 bits per heavy atom. The summed E-state index contributed by atoms with van der Waals surface area (Å²) in [5, 5.41) is 2.86. The molecule has 0 aromatic heterocycles. The second-order valence-electron chi connectivity index (χ2n) is 6.11. The van der Waals surface area contributed by atoms with Crippen molar-refractivity contribution in [3.05, 3.63) is 54.6 Å². The second-order valence-corrected chi connectivity index (χ2v) is 6.11. The fraction of sp³-hybridized carbons (Fsp3) is 0.300. The molecule has 1 saturated heterocycles. The van der Waals surface area contributed by atoms with Crippen LogP contribution in [-0.4, -0.2) is 43.0 Å². The summed E-state index contributed by atoms with van der Waals surface area (Å²) >= 11 is 0. The Labute approximate surface area is 147 Å². The van der Waals surface area contributed by atoms with Crippen molar-refractivity contribution in [1.29, 1.82) is 0 Å². The molecule has 2 aromatic rings. The smallest absolute Gasteiger partial charge is 0.411 e. The topological polar surface area (TPSA) is 58.6 Å². The minimum absolute atomic E-state index is 0.105. The van der Waals surface area contributed by atoms with Gasteiger partial charge in [-0.15, -0.1) is 0 Å². The lowest BCUT2D eigenvalue weighted by Gasteiger charge is -2.30. The first kappa shape index (κ1) is 17.2. The van der Waals surface area contributed by atoms with Crippen molar-refractivity contribution in [3.63, 3.8) is 0 Å². The molecule has 1 amide bonds. The molecule has 1 aliphatic rings. The SMILES string of the molecule is O=CCN1CCC(OC(=O)Nc2ccccc2-c2ccccc2)CC1. The molecule has 0 bridgehead atoms. The van der Waals surface area contributed by atoms with Crippen LogP contribution in [0.5, 0.6) is 0 Å². The van der Waals surface area contributed by atoms with Crippen LogP contribution in [0.2, 0.25) is 0 Å². The van der Waals surface area contributed by atoms with Gasteiger partial charge in [-0.25, -0.2) is 4.79 Å². The zero-order chi connectivity index (χ0) is 17.5. The average Bonchev–Trinajstić information content (AvgIpc) is 2.65. The summed E-state index contributed by atoms with van der Waals surface area (Å²) < 4.78 is 5.55. The molecule has 0 aliphatic carbocycles. The Morgan fingerprint density at radius 1 is 1.08 bits per heavy atom. The maximum atomic E-state index is 12.3. The molecule has 0 radical (unpaired) electrons. The summed E-state index contributed by atoms with van der Waals surface area (Å²) in [5.41, 5.74) is 2.73. The molecule has 1 fully saturated rings. The number of rotatable bonds is 5. The first-order valence-electron chi connectivity index (χ1n) is 8.54. The summed E-state index contributed by atoms with van der Waals surface area (Å²) in [7, 11) is 0. The van der Waals surface area contributed by atoms with E-state index in [9.17, 15) is 9.59 Å². The number of likely N-dealkylation sites (tertiary alicyclic amines) is 1. The molecular formula is C20H22N2O3. The molecule has 1 N–H and O–H groups in total. The summed E-state index contributed by atoms with van der Waals surface area (Å²) in [4.78, 5) is 24.9. The lowest BCUT2D eigenvalue weighted by Crippen LogP contribution is -2.39. The number of ether oxygens (including phenoxy) is 1. The largest absolute Gasteiger partial charge is 0.446 e. The van der Waals surface area contributed by atoms with E-state index in [1.54, 1.807) is 0 Å². The Balaban J connectivity index is 1.60. The van der Waals surface area contributed by atoms with Crippen molar-refractivity contribution in [2.45, 2.75) is 18.9 Å². The van der Waals surface area contributed by atoms with Crippen molar-refractivity contribution in [2.24, 2.45) is 0 Å². The molecule has 2 aromatic carbocycles. The number of carbonyl (C=O) groups is 2. The lowest BCUT2D eigenvalue weighted by molar-refractivity contribution is -0.109. The van der Waals surface area contributed by atoms with Gasteiger partial charge in [-0.3, -0.25) is 10.2 Å². The maximum absolute atomic E-state index is 12.3. The van der Waals surface area contributed by atoms with Crippen LogP contribution in [0.25, 0.3) is 11.1 Å². The second kappa shape index (κ2) is 8.44. The first-order valence-corrected chi connectivity index (χ1v) is 8.54. The summed E-state index contributed by atoms with van der Waals surface area (Å²) in [6.07, 6.45) is 1.88. The molecule has 1 aliphatic heterocycles. The fourth-order valence-corrected chi connectivity index (χ4v) is 3.07. The Kier molecular flexibility index (Phi) is 5.80. The number of hydrogen-bond donors (Lipinski definition) is 1. The maximum Gasteiger partial charge on any atom is 0.411 e. The van der Waals surface area contributed by atoms with Crippen LogP contribution in [-0.2, 0) is 9.53 Å². The Morgan fingerprint density at radius 2 is 1.76 bits per heavy atom. The van der Waals surface area contributed by atoms with Gasteiger partial charge in [-0.2, -0.15) is 0 Å². The number of nitrogens with one attached hydrogen (secondary N) is 1. The van der Waals surface area contributed by atoms with Crippen LogP contribution in [0.4, 0.5) is 10.5 Å². The van der Waals surface area contributed by atoms with Gasteiger partial charge in [0.05, 0.1) is 12.2 Å². The molecule has 0 spiro atoms. The molecule has 3 rings (SSSR count). The lowest BCUT2D eigenvalue weighted by atomic mass is 10.0. The molecule has 130 valence electrons. The zero-order valence-electron chi connectivity index (χ0n) is 14.1. The van der Waals surface area contributed by atoms with E-state index in [1.165, 1.54) is 0 Å². The number of nitrogens with zero attached hydrogens (tertiary/aromatic N) is 1. The van der Waals surface area contributed by atoms with E-state index in [1.807, 2.05) is 54.6 Å². The first-order chi connectivity index (χ1) is 12.3. The standard InChI is InChI=1S/C20H22N2O3/c23-15-14-22-12-10-17(11-13-22)25-20(24)21-19-9-5-4-8-18(19)16-6-2-1-3-7-16/h1-9,15,17H,10-14H2,(H,21,24). The van der Waals surface area contributed by atoms with E-state index in [0.717, 1.165) is 49.0 Å². The Bertz CT molecular complexity index is 710. The number of piperidine rings is 1. The quantitative estimate of drug-likeness (QED) is 0.847. The van der Waals surface area contributed by atoms with E-state index >= 15 is 0 Å². The van der Waals surface area contributed by atoms with Crippen LogP contribution >= 0.6 is 0 Å². The van der Waals surface area contributed by atoms with E-state index < -0.39 is 6.09 Å². The van der Waals surface area contributed by atoms with E-state index in [4.69, 9.17) is 4.74 Å². The van der Waals surface area contributed by atoms with Gasteiger partial charge < -0.3 is 9.53 Å². The van der Waals surface area contributed by atoms with Crippen LogP contribution < -0.4 is 5.32 Å². The van der Waals surface area contributed by atoms with Crippen molar-refractivity contribution >= 4 is 18.1 Å². The van der Waals surface area contributed by atoms with Gasteiger partial charge in [0.25, 0.3) is 0 Å². The van der Waals surface area contributed by atoms with E-state index in [-0.39, 0.29) is 6.10 Å². The van der Waals surface area contributed by atoms with Crippen molar-refractivity contribution in [2.75, 3.05) is 25.0 Å². The van der Waals surface area contributed by atoms with Crippen molar-refractivity contribution in [3.8, 4) is 11.1 Å². The zero-order valence-corrected chi connectivity index (χ0v) is 14.1. The molecule has 0 saturated carbocycles. The van der Waals surface area contributed by atoms with Crippen LogP contribution in [0.1, 0.15) is 12.8 Å². The number of hydrogen-bond acceptors (Lipinski definition) is 4. The van der Waals surface area contributed by atoms with Crippen molar-refractivity contribution < 1.29 is 14.3 Å². The third-order valence-electron chi connectivity index (χ3n) is 4.39. The average molecular weight is 338 g/mol. The predicted octanol–water partition coefficient (Wildman–Crippen LogP) is 3.57. The van der Waals surface area contributed by atoms with E-state index in [2.05, 4.69) is 10.2 Å². The number of para-hydroxylation sites is 1. The van der Waals surface area contributed by atoms with Gasteiger partial charge in [-0.1, -0.05) is 48.5 Å².